The Morgan fingerprint density at radius 3 is 2.48 bits per heavy atom. The molecule has 0 saturated heterocycles. The van der Waals surface area contributed by atoms with Crippen molar-refractivity contribution >= 4 is 18.0 Å². The molecule has 0 aromatic heterocycles. The maximum atomic E-state index is 12.3. The largest absolute Gasteiger partial charge is 0.468 e. The van der Waals surface area contributed by atoms with Gasteiger partial charge in [-0.2, -0.15) is 0 Å². The number of methoxy groups -OCH3 is 2. The fraction of sp³-hybridized carbons (Fsp3) is 0.375. The third kappa shape index (κ3) is 2.14. The van der Waals surface area contributed by atoms with Crippen molar-refractivity contribution in [3.05, 3.63) is 41.0 Å². The van der Waals surface area contributed by atoms with E-state index in [4.69, 9.17) is 9.47 Å². The molecule has 1 N–H and O–H groups in total. The summed E-state index contributed by atoms with van der Waals surface area (Å²) in [5, 5.41) is 10.7. The topological polar surface area (TPSA) is 72.8 Å². The van der Waals surface area contributed by atoms with Crippen LogP contribution < -0.4 is 0 Å². The minimum absolute atomic E-state index is 0.116. The Kier molecular flexibility index (Phi) is 4.14. The van der Waals surface area contributed by atoms with E-state index < -0.39 is 23.5 Å². The van der Waals surface area contributed by atoms with Gasteiger partial charge in [-0.05, 0) is 23.6 Å². The van der Waals surface area contributed by atoms with Crippen LogP contribution in [0.15, 0.2) is 29.8 Å². The van der Waals surface area contributed by atoms with E-state index in [1.165, 1.54) is 14.2 Å². The van der Waals surface area contributed by atoms with E-state index in [2.05, 4.69) is 0 Å². The molecule has 1 aromatic rings. The first-order valence-electron chi connectivity index (χ1n) is 6.68. The molecular weight excluding hydrogens is 272 g/mol. The van der Waals surface area contributed by atoms with E-state index in [0.29, 0.717) is 11.1 Å². The van der Waals surface area contributed by atoms with Crippen LogP contribution in [0.5, 0.6) is 0 Å². The Morgan fingerprint density at radius 2 is 1.90 bits per heavy atom. The molecule has 5 heteroatoms. The highest BCUT2D eigenvalue weighted by molar-refractivity contribution is 6.03. The molecule has 0 unspecified atom stereocenters. The second-order valence-electron chi connectivity index (χ2n) is 4.90. The molecule has 112 valence electrons. The fourth-order valence-electron chi connectivity index (χ4n) is 2.87. The number of fused-ring (bicyclic) bond motifs is 1. The van der Waals surface area contributed by atoms with Crippen molar-refractivity contribution in [3.8, 4) is 0 Å². The molecule has 2 atom stereocenters. The number of aliphatic hydroxyl groups is 1. The minimum Gasteiger partial charge on any atom is -0.468 e. The van der Waals surface area contributed by atoms with Crippen LogP contribution in [0, 0.1) is 5.41 Å². The lowest BCUT2D eigenvalue weighted by atomic mass is 9.66. The van der Waals surface area contributed by atoms with Crippen LogP contribution in [0.25, 0.3) is 6.08 Å². The van der Waals surface area contributed by atoms with Gasteiger partial charge in [0.1, 0.15) is 11.5 Å². The molecule has 0 bridgehead atoms. The molecule has 0 amide bonds. The highest BCUT2D eigenvalue weighted by Gasteiger charge is 2.53. The Balaban J connectivity index is 2.73. The molecule has 0 fully saturated rings. The number of esters is 2. The van der Waals surface area contributed by atoms with E-state index in [0.717, 1.165) is 0 Å². The molecule has 0 heterocycles. The van der Waals surface area contributed by atoms with Crippen LogP contribution in [0.1, 0.15) is 30.6 Å². The van der Waals surface area contributed by atoms with Gasteiger partial charge in [0, 0.05) is 0 Å². The lowest BCUT2D eigenvalue weighted by Crippen LogP contribution is -2.44. The first-order chi connectivity index (χ1) is 10.0. The number of ether oxygens (including phenoxy) is 2. The Labute approximate surface area is 123 Å². The van der Waals surface area contributed by atoms with Crippen molar-refractivity contribution in [1.29, 1.82) is 0 Å². The van der Waals surface area contributed by atoms with E-state index >= 15 is 0 Å². The summed E-state index contributed by atoms with van der Waals surface area (Å²) in [4.78, 5) is 24.4. The second-order valence-corrected chi connectivity index (χ2v) is 4.90. The highest BCUT2D eigenvalue weighted by atomic mass is 16.5. The Hall–Kier alpha value is -2.14. The van der Waals surface area contributed by atoms with Crippen LogP contribution >= 0.6 is 0 Å². The molecule has 0 saturated carbocycles. The second kappa shape index (κ2) is 5.69. The predicted octanol–water partition coefficient (Wildman–Crippen LogP) is 1.86. The maximum absolute atomic E-state index is 12.3. The van der Waals surface area contributed by atoms with E-state index in [1.54, 1.807) is 37.3 Å². The summed E-state index contributed by atoms with van der Waals surface area (Å²) in [7, 11) is 2.48. The summed E-state index contributed by atoms with van der Waals surface area (Å²) in [5.74, 6) is -1.29. The number of carbonyl (C=O) groups excluding carboxylic acids is 2. The van der Waals surface area contributed by atoms with Crippen LogP contribution in [-0.4, -0.2) is 31.3 Å². The standard InChI is InChI=1S/C16H18O5/c1-4-16(15(19)21-3)12(14(18)20-2)9-10-7-5-6-8-11(10)13(16)17/h5-9,13,17H,4H2,1-3H3/t13-,16-/m0/s1. The van der Waals surface area contributed by atoms with E-state index in [1.807, 2.05) is 0 Å². The first-order valence-corrected chi connectivity index (χ1v) is 6.68. The van der Waals surface area contributed by atoms with Crippen molar-refractivity contribution in [2.24, 2.45) is 5.41 Å². The first kappa shape index (κ1) is 15.3. The van der Waals surface area contributed by atoms with Crippen molar-refractivity contribution in [3.63, 3.8) is 0 Å². The van der Waals surface area contributed by atoms with Crippen molar-refractivity contribution in [2.45, 2.75) is 19.4 Å². The normalized spacial score (nSPS) is 23.8. The van der Waals surface area contributed by atoms with Crippen LogP contribution in [0.4, 0.5) is 0 Å². The van der Waals surface area contributed by atoms with Gasteiger partial charge in [-0.1, -0.05) is 31.2 Å². The summed E-state index contributed by atoms with van der Waals surface area (Å²) in [6.45, 7) is 1.73. The lowest BCUT2D eigenvalue weighted by molar-refractivity contribution is -0.161. The third-order valence-corrected chi connectivity index (χ3v) is 4.05. The predicted molar refractivity (Wildman–Crippen MR) is 76.1 cm³/mol. The van der Waals surface area contributed by atoms with Gasteiger partial charge in [0.15, 0.2) is 0 Å². The van der Waals surface area contributed by atoms with Gasteiger partial charge < -0.3 is 14.6 Å². The van der Waals surface area contributed by atoms with Crippen LogP contribution in [-0.2, 0) is 19.1 Å². The molecular formula is C16H18O5. The quantitative estimate of drug-likeness (QED) is 0.860. The van der Waals surface area contributed by atoms with Gasteiger partial charge >= 0.3 is 11.9 Å². The summed E-state index contributed by atoms with van der Waals surface area (Å²) in [6, 6.07) is 7.08. The number of rotatable bonds is 3. The molecule has 0 spiro atoms. The average Bonchev–Trinajstić information content (AvgIpc) is 2.53. The number of benzene rings is 1. The average molecular weight is 290 g/mol. The van der Waals surface area contributed by atoms with Crippen LogP contribution in [0.2, 0.25) is 0 Å². The van der Waals surface area contributed by atoms with Gasteiger partial charge in [0.05, 0.1) is 19.8 Å². The number of hydrogen-bond acceptors (Lipinski definition) is 5. The molecule has 0 radical (unpaired) electrons. The molecule has 0 aliphatic heterocycles. The lowest BCUT2D eigenvalue weighted by Gasteiger charge is -2.39. The third-order valence-electron chi connectivity index (χ3n) is 4.05. The summed E-state index contributed by atoms with van der Waals surface area (Å²) in [6.07, 6.45) is 0.648. The zero-order chi connectivity index (χ0) is 15.6. The van der Waals surface area contributed by atoms with E-state index in [-0.39, 0.29) is 12.0 Å². The molecule has 1 aliphatic rings. The highest BCUT2D eigenvalue weighted by Crippen LogP contribution is 2.49. The summed E-state index contributed by atoms with van der Waals surface area (Å²) in [5.41, 5.74) is -0.0442. The summed E-state index contributed by atoms with van der Waals surface area (Å²) >= 11 is 0. The zero-order valence-corrected chi connectivity index (χ0v) is 12.3. The van der Waals surface area contributed by atoms with Crippen molar-refractivity contribution in [2.75, 3.05) is 14.2 Å². The monoisotopic (exact) mass is 290 g/mol. The van der Waals surface area contributed by atoms with Gasteiger partial charge in [0.25, 0.3) is 0 Å². The SMILES string of the molecule is CC[C@]1(C(=O)OC)C(C(=O)OC)=Cc2ccccc2[C@@H]1O. The molecule has 1 aromatic carbocycles. The van der Waals surface area contributed by atoms with Gasteiger partial charge in [0.2, 0.25) is 0 Å². The molecule has 2 rings (SSSR count). The van der Waals surface area contributed by atoms with Crippen molar-refractivity contribution in [1.82, 2.24) is 0 Å². The maximum Gasteiger partial charge on any atom is 0.335 e. The van der Waals surface area contributed by atoms with Gasteiger partial charge in [-0.15, -0.1) is 0 Å². The smallest absolute Gasteiger partial charge is 0.335 e. The number of aliphatic hydroxyl groups excluding tert-OH is 1. The number of hydrogen-bond donors (Lipinski definition) is 1. The van der Waals surface area contributed by atoms with Crippen molar-refractivity contribution < 1.29 is 24.2 Å². The molecule has 5 nitrogen and oxygen atoms in total. The minimum atomic E-state index is -1.45. The summed E-state index contributed by atoms with van der Waals surface area (Å²) < 4.78 is 9.63. The van der Waals surface area contributed by atoms with Gasteiger partial charge in [-0.3, -0.25) is 4.79 Å². The Bertz CT molecular complexity index is 604. The fourth-order valence-corrected chi connectivity index (χ4v) is 2.87. The van der Waals surface area contributed by atoms with E-state index in [9.17, 15) is 14.7 Å². The zero-order valence-electron chi connectivity index (χ0n) is 12.3. The Morgan fingerprint density at radius 1 is 1.24 bits per heavy atom. The number of carbonyl (C=O) groups is 2. The molecule has 21 heavy (non-hydrogen) atoms. The molecule has 1 aliphatic carbocycles. The van der Waals surface area contributed by atoms with Crippen LogP contribution in [0.3, 0.4) is 0 Å². The van der Waals surface area contributed by atoms with Gasteiger partial charge in [-0.25, -0.2) is 4.79 Å².